The highest BCUT2D eigenvalue weighted by Crippen LogP contribution is 2.54. The zero-order valence-corrected chi connectivity index (χ0v) is 14.6. The van der Waals surface area contributed by atoms with Crippen LogP contribution in [0.3, 0.4) is 0 Å². The van der Waals surface area contributed by atoms with Crippen LogP contribution < -0.4 is 0 Å². The van der Waals surface area contributed by atoms with Crippen molar-refractivity contribution in [3.05, 3.63) is 34.9 Å². The molecule has 21 heavy (non-hydrogen) atoms. The summed E-state index contributed by atoms with van der Waals surface area (Å²) >= 11 is 0. The molecule has 0 saturated heterocycles. The van der Waals surface area contributed by atoms with Gasteiger partial charge in [0.1, 0.15) is 0 Å². The van der Waals surface area contributed by atoms with Crippen LogP contribution in [0.2, 0.25) is 0 Å². The van der Waals surface area contributed by atoms with Gasteiger partial charge in [0.05, 0.1) is 0 Å². The van der Waals surface area contributed by atoms with E-state index in [-0.39, 0.29) is 0 Å². The Labute approximate surface area is 131 Å². The average molecular weight is 284 g/mol. The first-order valence-corrected chi connectivity index (χ1v) is 8.97. The smallest absolute Gasteiger partial charge is 0.00911 e. The zero-order chi connectivity index (χ0) is 15.2. The SMILES string of the molecule is CC(C)C1CC(C2CC=CCC2)C2=C1C=C(C(C)(C)C)C2. The van der Waals surface area contributed by atoms with E-state index in [2.05, 4.69) is 52.8 Å². The number of hydrogen-bond acceptors (Lipinski definition) is 0. The minimum Gasteiger partial charge on any atom is -0.0885 e. The Balaban J connectivity index is 1.86. The van der Waals surface area contributed by atoms with Crippen LogP contribution in [-0.2, 0) is 0 Å². The van der Waals surface area contributed by atoms with Crippen LogP contribution in [0.5, 0.6) is 0 Å². The van der Waals surface area contributed by atoms with E-state index in [1.807, 2.05) is 5.57 Å². The Morgan fingerprint density at radius 1 is 1.14 bits per heavy atom. The van der Waals surface area contributed by atoms with Gasteiger partial charge in [-0.05, 0) is 66.8 Å². The van der Waals surface area contributed by atoms with Crippen molar-refractivity contribution in [1.82, 2.24) is 0 Å². The highest BCUT2D eigenvalue weighted by atomic mass is 14.5. The molecule has 116 valence electrons. The summed E-state index contributed by atoms with van der Waals surface area (Å²) in [6.45, 7) is 12.0. The summed E-state index contributed by atoms with van der Waals surface area (Å²) < 4.78 is 0. The van der Waals surface area contributed by atoms with Crippen molar-refractivity contribution in [2.45, 2.75) is 66.7 Å². The van der Waals surface area contributed by atoms with Gasteiger partial charge in [-0.3, -0.25) is 0 Å². The molecule has 3 aliphatic carbocycles. The van der Waals surface area contributed by atoms with E-state index >= 15 is 0 Å². The Bertz CT molecular complexity index is 493. The first-order valence-electron chi connectivity index (χ1n) is 8.97. The minimum absolute atomic E-state index is 0.336. The van der Waals surface area contributed by atoms with Crippen molar-refractivity contribution in [2.75, 3.05) is 0 Å². The van der Waals surface area contributed by atoms with Gasteiger partial charge < -0.3 is 0 Å². The van der Waals surface area contributed by atoms with E-state index in [4.69, 9.17) is 0 Å². The van der Waals surface area contributed by atoms with Gasteiger partial charge in [-0.25, -0.2) is 0 Å². The molecule has 0 aromatic rings. The molecule has 0 aliphatic heterocycles. The van der Waals surface area contributed by atoms with E-state index in [0.29, 0.717) is 5.41 Å². The third kappa shape index (κ3) is 2.79. The summed E-state index contributed by atoms with van der Waals surface area (Å²) in [7, 11) is 0. The Hall–Kier alpha value is -0.780. The normalized spacial score (nSPS) is 32.9. The highest BCUT2D eigenvalue weighted by Gasteiger charge is 2.41. The van der Waals surface area contributed by atoms with Crippen LogP contribution in [-0.4, -0.2) is 0 Å². The monoisotopic (exact) mass is 284 g/mol. The zero-order valence-electron chi connectivity index (χ0n) is 14.6. The van der Waals surface area contributed by atoms with Gasteiger partial charge in [0.25, 0.3) is 0 Å². The van der Waals surface area contributed by atoms with Crippen molar-refractivity contribution in [2.24, 2.45) is 29.1 Å². The van der Waals surface area contributed by atoms with Gasteiger partial charge in [0.2, 0.25) is 0 Å². The summed E-state index contributed by atoms with van der Waals surface area (Å²) in [4.78, 5) is 0. The lowest BCUT2D eigenvalue weighted by atomic mass is 9.75. The average Bonchev–Trinajstić information content (AvgIpc) is 2.97. The maximum atomic E-state index is 2.60. The second kappa shape index (κ2) is 5.45. The lowest BCUT2D eigenvalue weighted by Gasteiger charge is -2.30. The van der Waals surface area contributed by atoms with Gasteiger partial charge >= 0.3 is 0 Å². The second-order valence-corrected chi connectivity index (χ2v) is 8.81. The summed E-state index contributed by atoms with van der Waals surface area (Å²) in [5.41, 5.74) is 5.59. The van der Waals surface area contributed by atoms with Crippen molar-refractivity contribution in [3.8, 4) is 0 Å². The van der Waals surface area contributed by atoms with E-state index in [9.17, 15) is 0 Å². The first-order chi connectivity index (χ1) is 9.88. The molecular formula is C21H32. The van der Waals surface area contributed by atoms with E-state index < -0.39 is 0 Å². The third-order valence-electron chi connectivity index (χ3n) is 6.08. The molecule has 0 saturated carbocycles. The molecule has 3 aliphatic rings. The molecule has 0 radical (unpaired) electrons. The fraction of sp³-hybridized carbons (Fsp3) is 0.714. The topological polar surface area (TPSA) is 0 Å². The minimum atomic E-state index is 0.336. The van der Waals surface area contributed by atoms with Crippen LogP contribution in [0.1, 0.15) is 66.7 Å². The number of allylic oxidation sites excluding steroid dienone is 6. The molecule has 0 bridgehead atoms. The maximum absolute atomic E-state index is 2.60. The van der Waals surface area contributed by atoms with E-state index in [0.717, 1.165) is 23.7 Å². The lowest BCUT2D eigenvalue weighted by molar-refractivity contribution is 0.297. The molecule has 0 amide bonds. The van der Waals surface area contributed by atoms with Gasteiger partial charge in [0.15, 0.2) is 0 Å². The quantitative estimate of drug-likeness (QED) is 0.521. The molecule has 0 heterocycles. The van der Waals surface area contributed by atoms with Crippen molar-refractivity contribution in [3.63, 3.8) is 0 Å². The second-order valence-electron chi connectivity index (χ2n) is 8.81. The van der Waals surface area contributed by atoms with Crippen LogP contribution in [0.15, 0.2) is 34.9 Å². The van der Waals surface area contributed by atoms with Crippen LogP contribution in [0, 0.1) is 29.1 Å². The van der Waals surface area contributed by atoms with E-state index in [1.54, 1.807) is 11.1 Å². The Morgan fingerprint density at radius 2 is 1.90 bits per heavy atom. The van der Waals surface area contributed by atoms with Gasteiger partial charge in [0, 0.05) is 0 Å². The summed E-state index contributed by atoms with van der Waals surface area (Å²) in [5.74, 6) is 3.38. The van der Waals surface area contributed by atoms with Crippen LogP contribution >= 0.6 is 0 Å². The molecule has 0 aromatic carbocycles. The molecule has 0 N–H and O–H groups in total. The Morgan fingerprint density at radius 3 is 2.48 bits per heavy atom. The number of hydrogen-bond donors (Lipinski definition) is 0. The standard InChI is InChI=1S/C21H32/c1-14(2)17-13-18(15-9-7-6-8-10-15)20-12-16(11-19(17)20)21(3,4)5/h6-7,11,14-15,17-18H,8-10,12-13H2,1-5H3. The van der Waals surface area contributed by atoms with Crippen LogP contribution in [0.25, 0.3) is 0 Å². The third-order valence-corrected chi connectivity index (χ3v) is 6.08. The predicted octanol–water partition coefficient (Wildman–Crippen LogP) is 6.31. The predicted molar refractivity (Wildman–Crippen MR) is 92.1 cm³/mol. The molecule has 3 rings (SSSR count). The molecule has 0 nitrogen and oxygen atoms in total. The summed E-state index contributed by atoms with van der Waals surface area (Å²) in [6.07, 6.45) is 14.1. The fourth-order valence-electron chi connectivity index (χ4n) is 4.64. The summed E-state index contributed by atoms with van der Waals surface area (Å²) in [5, 5.41) is 0. The fourth-order valence-corrected chi connectivity index (χ4v) is 4.64. The highest BCUT2D eigenvalue weighted by molar-refractivity contribution is 5.47. The van der Waals surface area contributed by atoms with E-state index in [1.165, 1.54) is 32.1 Å². The van der Waals surface area contributed by atoms with Crippen LogP contribution in [0.4, 0.5) is 0 Å². The van der Waals surface area contributed by atoms with Gasteiger partial charge in [-0.15, -0.1) is 0 Å². The van der Waals surface area contributed by atoms with Crippen molar-refractivity contribution < 1.29 is 0 Å². The molecule has 0 aromatic heterocycles. The largest absolute Gasteiger partial charge is 0.0885 e. The lowest BCUT2D eigenvalue weighted by Crippen LogP contribution is -2.19. The molecule has 0 heteroatoms. The first kappa shape index (κ1) is 15.1. The van der Waals surface area contributed by atoms with Gasteiger partial charge in [-0.2, -0.15) is 0 Å². The summed E-state index contributed by atoms with van der Waals surface area (Å²) in [6, 6.07) is 0. The van der Waals surface area contributed by atoms with Crippen molar-refractivity contribution >= 4 is 0 Å². The van der Waals surface area contributed by atoms with Gasteiger partial charge in [-0.1, -0.05) is 64.0 Å². The molecular weight excluding hydrogens is 252 g/mol. The Kier molecular flexibility index (Phi) is 3.93. The molecule has 0 spiro atoms. The molecule has 0 fully saturated rings. The molecule has 3 unspecified atom stereocenters. The maximum Gasteiger partial charge on any atom is -0.00911 e. The van der Waals surface area contributed by atoms with Crippen molar-refractivity contribution in [1.29, 1.82) is 0 Å². The molecule has 3 atom stereocenters. The number of rotatable bonds is 2.